The minimum atomic E-state index is 0.797. The van der Waals surface area contributed by atoms with Crippen LogP contribution in [0.5, 0.6) is 5.75 Å². The lowest BCUT2D eigenvalue weighted by Gasteiger charge is -2.06. The van der Waals surface area contributed by atoms with E-state index in [4.69, 9.17) is 4.74 Å². The molecule has 2 rings (SSSR count). The SMILES string of the molecule is CSCCCOc1cccc2[nH]ccc12. The van der Waals surface area contributed by atoms with Crippen molar-refractivity contribution in [2.24, 2.45) is 0 Å². The van der Waals surface area contributed by atoms with Gasteiger partial charge in [-0.2, -0.15) is 11.8 Å². The van der Waals surface area contributed by atoms with E-state index < -0.39 is 0 Å². The van der Waals surface area contributed by atoms with Crippen molar-refractivity contribution in [2.45, 2.75) is 6.42 Å². The molecule has 1 heterocycles. The van der Waals surface area contributed by atoms with E-state index in [1.807, 2.05) is 30.1 Å². The molecule has 0 saturated heterocycles. The Bertz CT molecular complexity index is 424. The summed E-state index contributed by atoms with van der Waals surface area (Å²) in [5, 5.41) is 1.17. The van der Waals surface area contributed by atoms with Crippen LogP contribution >= 0.6 is 11.8 Å². The predicted molar refractivity (Wildman–Crippen MR) is 66.8 cm³/mol. The average Bonchev–Trinajstić information content (AvgIpc) is 2.73. The second-order valence-corrected chi connectivity index (χ2v) is 4.38. The second kappa shape index (κ2) is 5.12. The van der Waals surface area contributed by atoms with Gasteiger partial charge in [-0.15, -0.1) is 0 Å². The van der Waals surface area contributed by atoms with Gasteiger partial charge in [0.25, 0.3) is 0 Å². The zero-order valence-electron chi connectivity index (χ0n) is 8.82. The van der Waals surface area contributed by atoms with Crippen molar-refractivity contribution in [3.05, 3.63) is 30.5 Å². The maximum atomic E-state index is 5.75. The van der Waals surface area contributed by atoms with Crippen LogP contribution in [0.25, 0.3) is 10.9 Å². The molecule has 2 aromatic rings. The Hall–Kier alpha value is -1.09. The van der Waals surface area contributed by atoms with Gasteiger partial charge in [-0.1, -0.05) is 6.07 Å². The number of aromatic amines is 1. The highest BCUT2D eigenvalue weighted by Gasteiger charge is 2.01. The van der Waals surface area contributed by atoms with Gasteiger partial charge >= 0.3 is 0 Å². The quantitative estimate of drug-likeness (QED) is 0.784. The number of aromatic nitrogens is 1. The Morgan fingerprint density at radius 3 is 3.13 bits per heavy atom. The molecule has 80 valence electrons. The van der Waals surface area contributed by atoms with Crippen LogP contribution in [0.3, 0.4) is 0 Å². The third kappa shape index (κ3) is 2.48. The summed E-state index contributed by atoms with van der Waals surface area (Å²) >= 11 is 1.86. The lowest BCUT2D eigenvalue weighted by atomic mass is 10.2. The van der Waals surface area contributed by atoms with E-state index in [0.29, 0.717) is 0 Å². The van der Waals surface area contributed by atoms with Gasteiger partial charge in [-0.3, -0.25) is 0 Å². The van der Waals surface area contributed by atoms with E-state index in [-0.39, 0.29) is 0 Å². The van der Waals surface area contributed by atoms with Gasteiger partial charge in [-0.05, 0) is 36.6 Å². The molecule has 0 spiro atoms. The molecular formula is C12H15NOS. The molecule has 0 fully saturated rings. The van der Waals surface area contributed by atoms with Crippen molar-refractivity contribution in [3.63, 3.8) is 0 Å². The third-order valence-electron chi connectivity index (χ3n) is 2.31. The molecule has 1 aromatic heterocycles. The molecular weight excluding hydrogens is 206 g/mol. The summed E-state index contributed by atoms with van der Waals surface area (Å²) in [5.74, 6) is 2.14. The highest BCUT2D eigenvalue weighted by atomic mass is 32.2. The molecule has 0 aliphatic heterocycles. The van der Waals surface area contributed by atoms with Crippen molar-refractivity contribution in [1.82, 2.24) is 4.98 Å². The Kier molecular flexibility index (Phi) is 3.56. The van der Waals surface area contributed by atoms with Crippen LogP contribution in [0.15, 0.2) is 30.5 Å². The number of ether oxygens (including phenoxy) is 1. The summed E-state index contributed by atoms with van der Waals surface area (Å²) in [6.07, 6.45) is 5.16. The Balaban J connectivity index is 2.04. The topological polar surface area (TPSA) is 25.0 Å². The molecule has 0 saturated carbocycles. The van der Waals surface area contributed by atoms with E-state index in [2.05, 4.69) is 23.4 Å². The van der Waals surface area contributed by atoms with E-state index in [9.17, 15) is 0 Å². The summed E-state index contributed by atoms with van der Waals surface area (Å²) in [7, 11) is 0. The summed E-state index contributed by atoms with van der Waals surface area (Å²) in [6, 6.07) is 8.15. The highest BCUT2D eigenvalue weighted by Crippen LogP contribution is 2.24. The van der Waals surface area contributed by atoms with Crippen LogP contribution in [0.1, 0.15) is 6.42 Å². The van der Waals surface area contributed by atoms with Crippen LogP contribution in [0.4, 0.5) is 0 Å². The minimum Gasteiger partial charge on any atom is -0.493 e. The van der Waals surface area contributed by atoms with E-state index in [1.54, 1.807) is 0 Å². The molecule has 0 bridgehead atoms. The highest BCUT2D eigenvalue weighted by molar-refractivity contribution is 7.98. The zero-order chi connectivity index (χ0) is 10.5. The summed E-state index contributed by atoms with van der Waals surface area (Å²) in [4.78, 5) is 3.18. The maximum absolute atomic E-state index is 5.75. The van der Waals surface area contributed by atoms with Crippen LogP contribution in [0, 0.1) is 0 Å². The molecule has 1 N–H and O–H groups in total. The fourth-order valence-electron chi connectivity index (χ4n) is 1.57. The number of thioether (sulfide) groups is 1. The monoisotopic (exact) mass is 221 g/mol. The van der Waals surface area contributed by atoms with Gasteiger partial charge in [0.15, 0.2) is 0 Å². The van der Waals surface area contributed by atoms with Crippen molar-refractivity contribution in [3.8, 4) is 5.75 Å². The number of rotatable bonds is 5. The first-order valence-corrected chi connectivity index (χ1v) is 6.49. The lowest BCUT2D eigenvalue weighted by molar-refractivity contribution is 0.322. The van der Waals surface area contributed by atoms with Crippen molar-refractivity contribution >= 4 is 22.7 Å². The summed E-state index contributed by atoms with van der Waals surface area (Å²) < 4.78 is 5.75. The minimum absolute atomic E-state index is 0.797. The first-order chi connectivity index (χ1) is 7.42. The number of hydrogen-bond acceptors (Lipinski definition) is 2. The largest absolute Gasteiger partial charge is 0.493 e. The average molecular weight is 221 g/mol. The van der Waals surface area contributed by atoms with E-state index in [0.717, 1.165) is 30.0 Å². The maximum Gasteiger partial charge on any atom is 0.128 e. The second-order valence-electron chi connectivity index (χ2n) is 3.39. The fraction of sp³-hybridized carbons (Fsp3) is 0.333. The molecule has 1 aromatic carbocycles. The number of benzene rings is 1. The molecule has 0 radical (unpaired) electrons. The van der Waals surface area contributed by atoms with Crippen molar-refractivity contribution in [2.75, 3.05) is 18.6 Å². The zero-order valence-corrected chi connectivity index (χ0v) is 9.64. The normalized spacial score (nSPS) is 10.7. The molecule has 0 unspecified atom stereocenters. The Morgan fingerprint density at radius 1 is 1.33 bits per heavy atom. The van der Waals surface area contributed by atoms with Gasteiger partial charge in [0.1, 0.15) is 5.75 Å². The molecule has 0 amide bonds. The standard InChI is InChI=1S/C12H15NOS/c1-15-9-3-8-14-12-5-2-4-11-10(12)6-7-13-11/h2,4-7,13H,3,8-9H2,1H3. The Morgan fingerprint density at radius 2 is 2.27 bits per heavy atom. The van der Waals surface area contributed by atoms with Crippen LogP contribution in [-0.2, 0) is 0 Å². The molecule has 2 nitrogen and oxygen atoms in total. The van der Waals surface area contributed by atoms with Gasteiger partial charge in [0.2, 0.25) is 0 Å². The fourth-order valence-corrected chi connectivity index (χ4v) is 1.97. The van der Waals surface area contributed by atoms with Gasteiger partial charge < -0.3 is 9.72 Å². The first-order valence-electron chi connectivity index (χ1n) is 5.09. The van der Waals surface area contributed by atoms with Gasteiger partial charge in [-0.25, -0.2) is 0 Å². The van der Waals surface area contributed by atoms with Crippen LogP contribution in [-0.4, -0.2) is 23.6 Å². The Labute approximate surface area is 94.0 Å². The molecule has 0 aliphatic rings. The smallest absolute Gasteiger partial charge is 0.128 e. The number of H-pyrrole nitrogens is 1. The molecule has 0 aliphatic carbocycles. The number of hydrogen-bond donors (Lipinski definition) is 1. The van der Waals surface area contributed by atoms with Crippen molar-refractivity contribution in [1.29, 1.82) is 0 Å². The van der Waals surface area contributed by atoms with Crippen LogP contribution in [0.2, 0.25) is 0 Å². The van der Waals surface area contributed by atoms with Gasteiger partial charge in [0, 0.05) is 17.1 Å². The van der Waals surface area contributed by atoms with Gasteiger partial charge in [0.05, 0.1) is 6.61 Å². The van der Waals surface area contributed by atoms with E-state index in [1.165, 1.54) is 5.39 Å². The number of fused-ring (bicyclic) bond motifs is 1. The van der Waals surface area contributed by atoms with Crippen LogP contribution < -0.4 is 4.74 Å². The lowest BCUT2D eigenvalue weighted by Crippen LogP contribution is -1.98. The third-order valence-corrected chi connectivity index (χ3v) is 3.00. The number of nitrogens with one attached hydrogen (secondary N) is 1. The molecule has 15 heavy (non-hydrogen) atoms. The summed E-state index contributed by atoms with van der Waals surface area (Å²) in [5.41, 5.74) is 1.14. The van der Waals surface area contributed by atoms with Crippen molar-refractivity contribution < 1.29 is 4.74 Å². The predicted octanol–water partition coefficient (Wildman–Crippen LogP) is 3.30. The molecule has 3 heteroatoms. The first kappa shape index (κ1) is 10.4. The molecule has 0 atom stereocenters. The van der Waals surface area contributed by atoms with E-state index >= 15 is 0 Å². The summed E-state index contributed by atoms with van der Waals surface area (Å²) in [6.45, 7) is 0.797.